The molecule has 0 spiro atoms. The van der Waals surface area contributed by atoms with Crippen molar-refractivity contribution in [2.75, 3.05) is 19.7 Å². The van der Waals surface area contributed by atoms with Crippen LogP contribution in [0, 0.1) is 5.82 Å². The number of rotatable bonds is 6. The maximum absolute atomic E-state index is 13.0. The highest BCUT2D eigenvalue weighted by molar-refractivity contribution is 8.13. The Balaban J connectivity index is 1.56. The predicted molar refractivity (Wildman–Crippen MR) is 103 cm³/mol. The molecule has 1 aliphatic rings. The number of aliphatic imine (C=N–C) groups is 1. The van der Waals surface area contributed by atoms with Gasteiger partial charge in [-0.2, -0.15) is 0 Å². The van der Waals surface area contributed by atoms with Gasteiger partial charge < -0.3 is 4.74 Å². The average Bonchev–Trinajstić information content (AvgIpc) is 3.12. The minimum Gasteiger partial charge on any atom is -0.494 e. The van der Waals surface area contributed by atoms with Crippen LogP contribution >= 0.6 is 11.8 Å². The van der Waals surface area contributed by atoms with Gasteiger partial charge in [0.05, 0.1) is 19.6 Å². The van der Waals surface area contributed by atoms with Crippen LogP contribution < -0.4 is 4.74 Å². The van der Waals surface area contributed by atoms with E-state index in [1.54, 1.807) is 17.0 Å². The number of thioether (sulfide) groups is 1. The van der Waals surface area contributed by atoms with E-state index in [9.17, 15) is 9.18 Å². The zero-order valence-corrected chi connectivity index (χ0v) is 15.5. The highest BCUT2D eigenvalue weighted by Crippen LogP contribution is 2.21. The van der Waals surface area contributed by atoms with E-state index >= 15 is 0 Å². The van der Waals surface area contributed by atoms with Crippen LogP contribution in [0.2, 0.25) is 0 Å². The molecule has 136 valence electrons. The molecule has 0 fully saturated rings. The largest absolute Gasteiger partial charge is 0.494 e. The number of carbonyl (C=O) groups excluding carboxylic acids is 1. The Morgan fingerprint density at radius 1 is 1.15 bits per heavy atom. The molecule has 0 aliphatic carbocycles. The highest BCUT2D eigenvalue weighted by atomic mass is 32.2. The molecular weight excluding hydrogens is 351 g/mol. The third kappa shape index (κ3) is 4.85. The zero-order valence-electron chi connectivity index (χ0n) is 14.7. The van der Waals surface area contributed by atoms with Crippen molar-refractivity contribution in [3.05, 3.63) is 65.5 Å². The van der Waals surface area contributed by atoms with Crippen molar-refractivity contribution in [3.8, 4) is 5.75 Å². The molecule has 2 aromatic carbocycles. The molecule has 2 aromatic rings. The summed E-state index contributed by atoms with van der Waals surface area (Å²) in [6.45, 7) is 3.80. The van der Waals surface area contributed by atoms with Crippen molar-refractivity contribution >= 4 is 22.8 Å². The summed E-state index contributed by atoms with van der Waals surface area (Å²) < 4.78 is 18.4. The highest BCUT2D eigenvalue weighted by Gasteiger charge is 2.24. The van der Waals surface area contributed by atoms with E-state index in [0.29, 0.717) is 31.9 Å². The lowest BCUT2D eigenvalue weighted by atomic mass is 10.1. The minimum atomic E-state index is -0.246. The minimum absolute atomic E-state index is 0.0389. The number of hydrogen-bond acceptors (Lipinski definition) is 4. The van der Waals surface area contributed by atoms with Crippen LogP contribution in [-0.2, 0) is 17.0 Å². The summed E-state index contributed by atoms with van der Waals surface area (Å²) in [5, 5.41) is 0.741. The maximum atomic E-state index is 13.0. The first-order valence-electron chi connectivity index (χ1n) is 8.59. The second-order valence-electron chi connectivity index (χ2n) is 5.88. The summed E-state index contributed by atoms with van der Waals surface area (Å²) in [5.74, 6) is 1.26. The number of benzene rings is 2. The molecule has 0 saturated heterocycles. The summed E-state index contributed by atoms with van der Waals surface area (Å²) in [6.07, 6.45) is 0.336. The monoisotopic (exact) mass is 372 g/mol. The molecule has 26 heavy (non-hydrogen) atoms. The van der Waals surface area contributed by atoms with Gasteiger partial charge in [0, 0.05) is 12.3 Å². The van der Waals surface area contributed by atoms with Gasteiger partial charge in [0.2, 0.25) is 5.91 Å². The van der Waals surface area contributed by atoms with Crippen molar-refractivity contribution < 1.29 is 13.9 Å². The van der Waals surface area contributed by atoms with E-state index < -0.39 is 0 Å². The van der Waals surface area contributed by atoms with E-state index in [2.05, 4.69) is 4.99 Å². The predicted octanol–water partition coefficient (Wildman–Crippen LogP) is 3.90. The van der Waals surface area contributed by atoms with Gasteiger partial charge in [0.15, 0.2) is 5.17 Å². The Bertz CT molecular complexity index is 775. The number of amides is 1. The van der Waals surface area contributed by atoms with Crippen LogP contribution in [0.25, 0.3) is 0 Å². The van der Waals surface area contributed by atoms with Crippen LogP contribution in [-0.4, -0.2) is 35.7 Å². The SMILES string of the molecule is CCOc1ccc(CC(=O)N2CCN=C2SCc2ccc(F)cc2)cc1. The van der Waals surface area contributed by atoms with Gasteiger partial charge in [-0.1, -0.05) is 36.0 Å². The summed E-state index contributed by atoms with van der Waals surface area (Å²) in [5.41, 5.74) is 1.96. The molecular formula is C20H21FN2O2S. The van der Waals surface area contributed by atoms with Gasteiger partial charge in [-0.15, -0.1) is 0 Å². The number of hydrogen-bond donors (Lipinski definition) is 0. The lowest BCUT2D eigenvalue weighted by Crippen LogP contribution is -2.34. The zero-order chi connectivity index (χ0) is 18.4. The molecule has 0 saturated carbocycles. The third-order valence-corrected chi connectivity index (χ3v) is 5.06. The third-order valence-electron chi connectivity index (χ3n) is 3.97. The smallest absolute Gasteiger partial charge is 0.233 e. The van der Waals surface area contributed by atoms with E-state index in [1.807, 2.05) is 31.2 Å². The molecule has 0 N–H and O–H groups in total. The van der Waals surface area contributed by atoms with Gasteiger partial charge >= 0.3 is 0 Å². The van der Waals surface area contributed by atoms with E-state index in [1.165, 1.54) is 23.9 Å². The van der Waals surface area contributed by atoms with E-state index in [0.717, 1.165) is 22.0 Å². The van der Waals surface area contributed by atoms with Gasteiger partial charge in [-0.3, -0.25) is 14.7 Å². The van der Waals surface area contributed by atoms with Gasteiger partial charge in [-0.05, 0) is 42.3 Å². The summed E-state index contributed by atoms with van der Waals surface area (Å²) >= 11 is 1.51. The Kier molecular flexibility index (Phi) is 6.28. The second-order valence-corrected chi connectivity index (χ2v) is 6.82. The van der Waals surface area contributed by atoms with Crippen LogP contribution in [0.5, 0.6) is 5.75 Å². The molecule has 3 rings (SSSR count). The number of halogens is 1. The number of ether oxygens (including phenoxy) is 1. The quantitative estimate of drug-likeness (QED) is 0.772. The molecule has 4 nitrogen and oxygen atoms in total. The first-order chi connectivity index (χ1) is 12.7. The first-order valence-corrected chi connectivity index (χ1v) is 9.58. The van der Waals surface area contributed by atoms with Crippen molar-refractivity contribution in [1.29, 1.82) is 0 Å². The van der Waals surface area contributed by atoms with Crippen LogP contribution in [0.15, 0.2) is 53.5 Å². The number of nitrogens with zero attached hydrogens (tertiary/aromatic N) is 2. The average molecular weight is 372 g/mol. The van der Waals surface area contributed by atoms with Crippen molar-refractivity contribution in [3.63, 3.8) is 0 Å². The lowest BCUT2D eigenvalue weighted by molar-refractivity contribution is -0.126. The van der Waals surface area contributed by atoms with E-state index in [-0.39, 0.29) is 11.7 Å². The maximum Gasteiger partial charge on any atom is 0.233 e. The normalized spacial score (nSPS) is 13.6. The van der Waals surface area contributed by atoms with Gasteiger partial charge in [0.25, 0.3) is 0 Å². The fourth-order valence-electron chi connectivity index (χ4n) is 2.65. The fraction of sp³-hybridized carbons (Fsp3) is 0.300. The summed E-state index contributed by atoms with van der Waals surface area (Å²) in [6, 6.07) is 14.0. The molecule has 6 heteroatoms. The van der Waals surface area contributed by atoms with Crippen LogP contribution in [0.3, 0.4) is 0 Å². The van der Waals surface area contributed by atoms with Crippen LogP contribution in [0.1, 0.15) is 18.1 Å². The molecule has 0 atom stereocenters. The molecule has 1 heterocycles. The van der Waals surface area contributed by atoms with Crippen molar-refractivity contribution in [2.45, 2.75) is 19.1 Å². The van der Waals surface area contributed by atoms with Crippen molar-refractivity contribution in [2.24, 2.45) is 4.99 Å². The molecule has 0 radical (unpaired) electrons. The van der Waals surface area contributed by atoms with Gasteiger partial charge in [-0.25, -0.2) is 4.39 Å². The second kappa shape index (κ2) is 8.85. The molecule has 1 aliphatic heterocycles. The standard InChI is InChI=1S/C20H21FN2O2S/c1-2-25-18-9-5-15(6-10-18)13-19(24)23-12-11-22-20(23)26-14-16-3-7-17(21)8-4-16/h3-10H,2,11-14H2,1H3. The summed E-state index contributed by atoms with van der Waals surface area (Å²) in [4.78, 5) is 18.8. The van der Waals surface area contributed by atoms with E-state index in [4.69, 9.17) is 4.74 Å². The molecule has 1 amide bonds. The topological polar surface area (TPSA) is 41.9 Å². The first kappa shape index (κ1) is 18.5. The Hall–Kier alpha value is -2.34. The number of carbonyl (C=O) groups is 1. The van der Waals surface area contributed by atoms with Crippen molar-refractivity contribution in [1.82, 2.24) is 4.90 Å². The Morgan fingerprint density at radius 2 is 1.85 bits per heavy atom. The Labute approximate surface area is 157 Å². The number of amidine groups is 1. The fourth-order valence-corrected chi connectivity index (χ4v) is 3.67. The summed E-state index contributed by atoms with van der Waals surface area (Å²) in [7, 11) is 0. The van der Waals surface area contributed by atoms with Gasteiger partial charge in [0.1, 0.15) is 11.6 Å². The molecule has 0 bridgehead atoms. The van der Waals surface area contributed by atoms with Crippen LogP contribution in [0.4, 0.5) is 4.39 Å². The Morgan fingerprint density at radius 3 is 2.54 bits per heavy atom. The lowest BCUT2D eigenvalue weighted by Gasteiger charge is -2.18. The molecule has 0 unspecified atom stereocenters. The molecule has 0 aromatic heterocycles.